The van der Waals surface area contributed by atoms with E-state index in [1.165, 1.54) is 19.2 Å². The largest absolute Gasteiger partial charge is 0.494 e. The van der Waals surface area contributed by atoms with Crippen molar-refractivity contribution in [1.29, 1.82) is 5.41 Å². The van der Waals surface area contributed by atoms with Crippen molar-refractivity contribution in [2.45, 2.75) is 18.9 Å². The van der Waals surface area contributed by atoms with Crippen molar-refractivity contribution in [2.24, 2.45) is 5.92 Å². The average molecular weight is 460 g/mol. The number of aromatic nitrogens is 2. The number of benzene rings is 2. The molecule has 0 saturated carbocycles. The zero-order valence-electron chi connectivity index (χ0n) is 18.9. The van der Waals surface area contributed by atoms with E-state index in [1.54, 1.807) is 36.8 Å². The molecule has 0 radical (unpaired) electrons. The predicted octanol–water partition coefficient (Wildman–Crippen LogP) is 5.39. The van der Waals surface area contributed by atoms with Gasteiger partial charge in [0, 0.05) is 29.6 Å². The summed E-state index contributed by atoms with van der Waals surface area (Å²) in [4.78, 5) is 16.3. The molecule has 2 atom stereocenters. The van der Waals surface area contributed by atoms with Crippen LogP contribution in [0.2, 0.25) is 0 Å². The van der Waals surface area contributed by atoms with Crippen LogP contribution in [-0.4, -0.2) is 34.9 Å². The Morgan fingerprint density at radius 2 is 2.06 bits per heavy atom. The Hall–Kier alpha value is -4.00. The van der Waals surface area contributed by atoms with Gasteiger partial charge >= 0.3 is 5.97 Å². The lowest BCUT2D eigenvalue weighted by atomic mass is 9.83. The summed E-state index contributed by atoms with van der Waals surface area (Å²) in [6.07, 6.45) is 12.7. The fraction of sp³-hybridized carbons (Fsp3) is 0.222. The molecule has 1 N–H and O–H groups in total. The molecule has 0 spiro atoms. The first-order valence-corrected chi connectivity index (χ1v) is 11.1. The Labute approximate surface area is 197 Å². The van der Waals surface area contributed by atoms with E-state index in [-0.39, 0.29) is 17.8 Å². The van der Waals surface area contributed by atoms with Gasteiger partial charge in [-0.2, -0.15) is 0 Å². The van der Waals surface area contributed by atoms with Gasteiger partial charge in [-0.1, -0.05) is 30.4 Å². The topological polar surface area (TPSA) is 77.2 Å². The van der Waals surface area contributed by atoms with E-state index >= 15 is 0 Å². The van der Waals surface area contributed by atoms with Crippen molar-refractivity contribution in [2.75, 3.05) is 13.7 Å². The molecule has 4 rings (SSSR count). The quantitative estimate of drug-likeness (QED) is 0.344. The summed E-state index contributed by atoms with van der Waals surface area (Å²) in [5.74, 6) is -0.136. The van der Waals surface area contributed by atoms with E-state index in [2.05, 4.69) is 4.98 Å². The molecule has 174 valence electrons. The molecular weight excluding hydrogens is 433 g/mol. The summed E-state index contributed by atoms with van der Waals surface area (Å²) in [6.45, 7) is 0.481. The summed E-state index contributed by atoms with van der Waals surface area (Å²) >= 11 is 0. The lowest BCUT2D eigenvalue weighted by Crippen LogP contribution is -2.25. The Kier molecular flexibility index (Phi) is 7.32. The minimum Gasteiger partial charge on any atom is -0.494 e. The third-order valence-electron chi connectivity index (χ3n) is 5.78. The molecule has 6 nitrogen and oxygen atoms in total. The van der Waals surface area contributed by atoms with Gasteiger partial charge in [0.1, 0.15) is 11.6 Å². The van der Waals surface area contributed by atoms with Gasteiger partial charge in [-0.05, 0) is 54.8 Å². The first-order valence-electron chi connectivity index (χ1n) is 11.1. The SMILES string of the molecule is COC(=O)c1cccc(C(C2=CC=CC(CCCOc3ccc(F)cc3)C2=N)n2ccnc2)c1. The summed E-state index contributed by atoms with van der Waals surface area (Å²) < 4.78 is 25.6. The predicted molar refractivity (Wildman–Crippen MR) is 128 cm³/mol. The second-order valence-electron chi connectivity index (χ2n) is 8.00. The summed E-state index contributed by atoms with van der Waals surface area (Å²) in [7, 11) is 1.36. The monoisotopic (exact) mass is 459 g/mol. The second-order valence-corrected chi connectivity index (χ2v) is 8.00. The minimum absolute atomic E-state index is 0.0633. The second kappa shape index (κ2) is 10.7. The third kappa shape index (κ3) is 5.31. The molecule has 0 bridgehead atoms. The number of ether oxygens (including phenoxy) is 2. The standard InChI is InChI=1S/C27H26FN3O3/c1-33-27(32)21-7-2-6-20(17-21)26(31-15-14-30-18-31)24-9-3-5-19(25(24)29)8-4-16-34-23-12-10-22(28)11-13-23/h2-3,5-7,9-15,17-19,26,29H,4,8,16H2,1H3. The molecule has 7 heteroatoms. The van der Waals surface area contributed by atoms with Crippen molar-refractivity contribution in [3.05, 3.63) is 108 Å². The van der Waals surface area contributed by atoms with E-state index in [1.807, 2.05) is 41.1 Å². The maximum atomic E-state index is 13.0. The van der Waals surface area contributed by atoms with Crippen molar-refractivity contribution in [3.8, 4) is 5.75 Å². The molecule has 1 aliphatic rings. The zero-order valence-corrected chi connectivity index (χ0v) is 18.9. The van der Waals surface area contributed by atoms with E-state index < -0.39 is 5.97 Å². The number of allylic oxidation sites excluding steroid dienone is 4. The molecule has 1 heterocycles. The maximum absolute atomic E-state index is 13.0. The van der Waals surface area contributed by atoms with Crippen molar-refractivity contribution in [1.82, 2.24) is 9.55 Å². The number of hydrogen-bond acceptors (Lipinski definition) is 5. The molecule has 0 fully saturated rings. The van der Waals surface area contributed by atoms with E-state index in [0.29, 0.717) is 23.6 Å². The van der Waals surface area contributed by atoms with Crippen LogP contribution in [0.3, 0.4) is 0 Å². The highest BCUT2D eigenvalue weighted by Crippen LogP contribution is 2.33. The first-order chi connectivity index (χ1) is 16.6. The molecule has 1 aliphatic carbocycles. The van der Waals surface area contributed by atoms with E-state index in [0.717, 1.165) is 24.0 Å². The van der Waals surface area contributed by atoms with Crippen LogP contribution in [0.1, 0.15) is 34.8 Å². The normalized spacial score (nSPS) is 16.1. The molecular formula is C27H26FN3O3. The number of halogens is 1. The summed E-state index contributed by atoms with van der Waals surface area (Å²) in [5, 5.41) is 8.96. The molecule has 0 saturated heterocycles. The number of methoxy groups -OCH3 is 1. The molecule has 0 amide bonds. The average Bonchev–Trinajstić information content (AvgIpc) is 3.39. The van der Waals surface area contributed by atoms with E-state index in [4.69, 9.17) is 14.9 Å². The van der Waals surface area contributed by atoms with Crippen molar-refractivity contribution >= 4 is 11.7 Å². The van der Waals surface area contributed by atoms with Crippen LogP contribution in [0.4, 0.5) is 4.39 Å². The van der Waals surface area contributed by atoms with E-state index in [9.17, 15) is 9.18 Å². The number of nitrogens with zero attached hydrogens (tertiary/aromatic N) is 2. The Bertz CT molecular complexity index is 1200. The van der Waals surface area contributed by atoms with Gasteiger partial charge in [0.05, 0.1) is 31.6 Å². The van der Waals surface area contributed by atoms with Gasteiger partial charge in [-0.3, -0.25) is 0 Å². The Morgan fingerprint density at radius 3 is 2.79 bits per heavy atom. The Morgan fingerprint density at radius 1 is 1.24 bits per heavy atom. The van der Waals surface area contributed by atoms with Crippen LogP contribution in [0.15, 0.2) is 91.1 Å². The lowest BCUT2D eigenvalue weighted by Gasteiger charge is -2.28. The lowest BCUT2D eigenvalue weighted by molar-refractivity contribution is 0.0600. The van der Waals surface area contributed by atoms with Gasteiger partial charge in [0.25, 0.3) is 0 Å². The number of carbonyl (C=O) groups excluding carboxylic acids is 1. The fourth-order valence-corrected chi connectivity index (χ4v) is 4.08. The highest BCUT2D eigenvalue weighted by molar-refractivity contribution is 6.03. The van der Waals surface area contributed by atoms with Gasteiger partial charge in [-0.25, -0.2) is 14.2 Å². The van der Waals surface area contributed by atoms with Crippen molar-refractivity contribution < 1.29 is 18.7 Å². The van der Waals surface area contributed by atoms with Gasteiger partial charge < -0.3 is 19.5 Å². The van der Waals surface area contributed by atoms with Crippen LogP contribution < -0.4 is 4.74 Å². The fourth-order valence-electron chi connectivity index (χ4n) is 4.08. The molecule has 3 aromatic rings. The molecule has 2 unspecified atom stereocenters. The number of nitrogens with one attached hydrogen (secondary N) is 1. The number of carbonyl (C=O) groups is 1. The minimum atomic E-state index is -0.405. The highest BCUT2D eigenvalue weighted by atomic mass is 19.1. The zero-order chi connectivity index (χ0) is 23.9. The smallest absolute Gasteiger partial charge is 0.337 e. The molecule has 0 aliphatic heterocycles. The summed E-state index contributed by atoms with van der Waals surface area (Å²) in [6, 6.07) is 12.9. The molecule has 2 aromatic carbocycles. The van der Waals surface area contributed by atoms with Crippen LogP contribution in [0.5, 0.6) is 5.75 Å². The van der Waals surface area contributed by atoms with Gasteiger partial charge in [0.2, 0.25) is 0 Å². The van der Waals surface area contributed by atoms with Crippen molar-refractivity contribution in [3.63, 3.8) is 0 Å². The highest BCUT2D eigenvalue weighted by Gasteiger charge is 2.27. The molecule has 34 heavy (non-hydrogen) atoms. The third-order valence-corrected chi connectivity index (χ3v) is 5.78. The van der Waals surface area contributed by atoms with Crippen LogP contribution in [-0.2, 0) is 4.74 Å². The number of hydrogen-bond donors (Lipinski definition) is 1. The number of imidazole rings is 1. The van der Waals surface area contributed by atoms with Crippen LogP contribution in [0, 0.1) is 17.1 Å². The summed E-state index contributed by atoms with van der Waals surface area (Å²) in [5.41, 5.74) is 2.68. The first kappa shape index (κ1) is 23.2. The van der Waals surface area contributed by atoms with Crippen LogP contribution >= 0.6 is 0 Å². The number of rotatable bonds is 9. The van der Waals surface area contributed by atoms with Gasteiger partial charge in [0.15, 0.2) is 0 Å². The van der Waals surface area contributed by atoms with Crippen LogP contribution in [0.25, 0.3) is 0 Å². The van der Waals surface area contributed by atoms with Gasteiger partial charge in [-0.15, -0.1) is 0 Å². The number of esters is 1. The maximum Gasteiger partial charge on any atom is 0.337 e. The molecule has 1 aromatic heterocycles. The Balaban J connectivity index is 1.49.